The molecule has 2 aliphatic rings. The van der Waals surface area contributed by atoms with Gasteiger partial charge >= 0.3 is 12.2 Å². The number of amides is 3. The van der Waals surface area contributed by atoms with E-state index in [2.05, 4.69) is 45.0 Å². The lowest BCUT2D eigenvalue weighted by atomic mass is 9.85. The first kappa shape index (κ1) is 34.2. The Morgan fingerprint density at radius 1 is 0.766 bits per heavy atom. The number of carbonyl (C=O) groups excluding carboxylic acids is 3. The number of carbonyl (C=O) groups is 3. The Hall–Kier alpha value is -4.15. The van der Waals surface area contributed by atoms with Gasteiger partial charge in [-0.2, -0.15) is 0 Å². The van der Waals surface area contributed by atoms with Gasteiger partial charge in [0.2, 0.25) is 5.91 Å². The number of ether oxygens (including phenoxy) is 2. The molecule has 0 radical (unpaired) electrons. The van der Waals surface area contributed by atoms with Crippen LogP contribution in [0, 0.1) is 0 Å². The quantitative estimate of drug-likeness (QED) is 0.316. The van der Waals surface area contributed by atoms with E-state index < -0.39 is 31.6 Å². The standard InChI is InChI=1S/C37H47N3O6Si/c1-35(2,3)46-33(42)39-27-37(28-39)26-38(32(41)24-40(37)34(43)44-25-29-16-10-7-11-17-29)22-23-45-47(36(4,5)6,30-18-12-8-13-19-30)31-20-14-9-15-21-31/h7-21H,22-28H2,1-6H3. The molecule has 9 nitrogen and oxygen atoms in total. The van der Waals surface area contributed by atoms with Gasteiger partial charge in [0.25, 0.3) is 8.32 Å². The largest absolute Gasteiger partial charge is 0.445 e. The van der Waals surface area contributed by atoms with Gasteiger partial charge in [0.05, 0.1) is 25.2 Å². The van der Waals surface area contributed by atoms with E-state index in [-0.39, 0.29) is 43.7 Å². The summed E-state index contributed by atoms with van der Waals surface area (Å²) in [6.45, 7) is 13.5. The van der Waals surface area contributed by atoms with Crippen molar-refractivity contribution in [3.05, 3.63) is 96.6 Å². The van der Waals surface area contributed by atoms with Gasteiger partial charge in [0.1, 0.15) is 18.8 Å². The lowest BCUT2D eigenvalue weighted by molar-refractivity contribution is -0.151. The van der Waals surface area contributed by atoms with E-state index in [1.54, 1.807) is 9.80 Å². The molecule has 5 rings (SSSR count). The molecule has 1 spiro atoms. The highest BCUT2D eigenvalue weighted by Crippen LogP contribution is 2.37. The summed E-state index contributed by atoms with van der Waals surface area (Å²) >= 11 is 0. The predicted molar refractivity (Wildman–Crippen MR) is 184 cm³/mol. The number of likely N-dealkylation sites (tertiary alicyclic amines) is 1. The second-order valence-electron chi connectivity index (χ2n) is 14.5. The highest BCUT2D eigenvalue weighted by molar-refractivity contribution is 6.99. The maximum absolute atomic E-state index is 13.6. The molecule has 0 bridgehead atoms. The van der Waals surface area contributed by atoms with Crippen molar-refractivity contribution >= 4 is 36.8 Å². The molecule has 0 saturated carbocycles. The Bertz CT molecular complexity index is 1490. The molecule has 0 aromatic heterocycles. The molecule has 0 N–H and O–H groups in total. The molecule has 3 amide bonds. The van der Waals surface area contributed by atoms with E-state index in [0.29, 0.717) is 13.2 Å². The summed E-state index contributed by atoms with van der Waals surface area (Å²) in [5, 5.41) is 2.13. The number of hydrogen-bond acceptors (Lipinski definition) is 6. The van der Waals surface area contributed by atoms with Crippen molar-refractivity contribution in [2.75, 3.05) is 39.3 Å². The van der Waals surface area contributed by atoms with Crippen molar-refractivity contribution in [3.63, 3.8) is 0 Å². The van der Waals surface area contributed by atoms with Gasteiger partial charge in [-0.1, -0.05) is 112 Å². The molecule has 2 saturated heterocycles. The molecule has 10 heteroatoms. The molecular weight excluding hydrogens is 611 g/mol. The van der Waals surface area contributed by atoms with Crippen LogP contribution in [-0.2, 0) is 25.3 Å². The zero-order valence-electron chi connectivity index (χ0n) is 28.4. The Balaban J connectivity index is 1.35. The van der Waals surface area contributed by atoms with Gasteiger partial charge in [-0.05, 0) is 41.7 Å². The van der Waals surface area contributed by atoms with Crippen molar-refractivity contribution in [3.8, 4) is 0 Å². The summed E-state index contributed by atoms with van der Waals surface area (Å²) in [7, 11) is -2.80. The van der Waals surface area contributed by atoms with E-state index in [4.69, 9.17) is 13.9 Å². The van der Waals surface area contributed by atoms with Crippen molar-refractivity contribution in [2.24, 2.45) is 0 Å². The lowest BCUT2D eigenvalue weighted by Gasteiger charge is -2.58. The maximum Gasteiger partial charge on any atom is 0.411 e. The van der Waals surface area contributed by atoms with Crippen LogP contribution >= 0.6 is 0 Å². The van der Waals surface area contributed by atoms with Gasteiger partial charge in [-0.15, -0.1) is 0 Å². The maximum atomic E-state index is 13.6. The van der Waals surface area contributed by atoms with Crippen LogP contribution in [0.4, 0.5) is 9.59 Å². The second kappa shape index (κ2) is 13.5. The molecule has 3 aromatic carbocycles. The molecule has 250 valence electrons. The Kier molecular flexibility index (Phi) is 9.84. The smallest absolute Gasteiger partial charge is 0.411 e. The molecule has 2 fully saturated rings. The normalized spacial score (nSPS) is 16.6. The minimum Gasteiger partial charge on any atom is -0.445 e. The molecular formula is C37H47N3O6Si. The highest BCUT2D eigenvalue weighted by atomic mass is 28.4. The fraction of sp³-hybridized carbons (Fsp3) is 0.432. The number of rotatable bonds is 8. The molecule has 3 aromatic rings. The zero-order valence-corrected chi connectivity index (χ0v) is 29.4. The Labute approximate surface area is 279 Å². The summed E-state index contributed by atoms with van der Waals surface area (Å²) in [5.74, 6) is -0.186. The van der Waals surface area contributed by atoms with Crippen molar-refractivity contribution in [1.29, 1.82) is 0 Å². The SMILES string of the molecule is CC(C)(C)OC(=O)N1CC2(CN(CCO[Si](c3ccccc3)(c3ccccc3)C(C)(C)C)C(=O)CN2C(=O)OCc2ccccc2)C1. The first-order valence-corrected chi connectivity index (χ1v) is 18.1. The predicted octanol–water partition coefficient (Wildman–Crippen LogP) is 5.03. The number of piperazine rings is 1. The molecule has 2 heterocycles. The fourth-order valence-electron chi connectivity index (χ4n) is 6.65. The minimum absolute atomic E-state index is 0.0895. The average molecular weight is 658 g/mol. The molecule has 0 atom stereocenters. The van der Waals surface area contributed by atoms with Gasteiger partial charge in [0, 0.05) is 13.1 Å². The topological polar surface area (TPSA) is 88.6 Å². The fourth-order valence-corrected chi connectivity index (χ4v) is 11.2. The molecule has 0 unspecified atom stereocenters. The van der Waals surface area contributed by atoms with E-state index in [1.165, 1.54) is 15.3 Å². The summed E-state index contributed by atoms with van der Waals surface area (Å²) in [6, 6.07) is 30.2. The summed E-state index contributed by atoms with van der Waals surface area (Å²) in [6.07, 6.45) is -1.02. The first-order chi connectivity index (χ1) is 22.2. The molecule has 2 aliphatic heterocycles. The third-order valence-electron chi connectivity index (χ3n) is 8.85. The van der Waals surface area contributed by atoms with Crippen LogP contribution in [0.25, 0.3) is 0 Å². The first-order valence-electron chi connectivity index (χ1n) is 16.2. The number of hydrogen-bond donors (Lipinski definition) is 0. The van der Waals surface area contributed by atoms with Crippen LogP contribution in [0.3, 0.4) is 0 Å². The third kappa shape index (κ3) is 7.39. The van der Waals surface area contributed by atoms with Crippen LogP contribution in [0.15, 0.2) is 91.0 Å². The van der Waals surface area contributed by atoms with Crippen molar-refractivity contribution < 1.29 is 28.3 Å². The third-order valence-corrected chi connectivity index (χ3v) is 13.9. The van der Waals surface area contributed by atoms with Crippen molar-refractivity contribution in [2.45, 2.75) is 64.3 Å². The van der Waals surface area contributed by atoms with Gasteiger partial charge < -0.3 is 23.7 Å². The second-order valence-corrected chi connectivity index (χ2v) is 18.8. The van der Waals surface area contributed by atoms with Crippen molar-refractivity contribution in [1.82, 2.24) is 14.7 Å². The Morgan fingerprint density at radius 3 is 1.81 bits per heavy atom. The zero-order chi connectivity index (χ0) is 33.9. The van der Waals surface area contributed by atoms with Crippen LogP contribution in [-0.4, -0.2) is 91.6 Å². The van der Waals surface area contributed by atoms with Crippen LogP contribution in [0.1, 0.15) is 47.1 Å². The van der Waals surface area contributed by atoms with Crippen LogP contribution < -0.4 is 10.4 Å². The number of benzene rings is 3. The van der Waals surface area contributed by atoms with E-state index >= 15 is 0 Å². The highest BCUT2D eigenvalue weighted by Gasteiger charge is 2.57. The lowest BCUT2D eigenvalue weighted by Crippen LogP contribution is -2.79. The van der Waals surface area contributed by atoms with Crippen LogP contribution in [0.5, 0.6) is 0 Å². The van der Waals surface area contributed by atoms with Gasteiger partial charge in [0.15, 0.2) is 0 Å². The summed E-state index contributed by atoms with van der Waals surface area (Å²) < 4.78 is 18.4. The van der Waals surface area contributed by atoms with Crippen LogP contribution in [0.2, 0.25) is 5.04 Å². The monoisotopic (exact) mass is 657 g/mol. The van der Waals surface area contributed by atoms with E-state index in [9.17, 15) is 14.4 Å². The molecule has 0 aliphatic carbocycles. The molecule has 47 heavy (non-hydrogen) atoms. The summed E-state index contributed by atoms with van der Waals surface area (Å²) in [5.41, 5.74) is -0.596. The Morgan fingerprint density at radius 2 is 1.30 bits per heavy atom. The number of nitrogens with zero attached hydrogens (tertiary/aromatic N) is 3. The summed E-state index contributed by atoms with van der Waals surface area (Å²) in [4.78, 5) is 44.9. The van der Waals surface area contributed by atoms with Gasteiger partial charge in [-0.3, -0.25) is 9.69 Å². The van der Waals surface area contributed by atoms with E-state index in [1.807, 2.05) is 87.5 Å². The minimum atomic E-state index is -2.80. The van der Waals surface area contributed by atoms with Gasteiger partial charge in [-0.25, -0.2) is 9.59 Å². The van der Waals surface area contributed by atoms with E-state index in [0.717, 1.165) is 5.56 Å². The average Bonchev–Trinajstić information content (AvgIpc) is 3.01.